The number of carbonyl (C=O) groups is 1. The van der Waals surface area contributed by atoms with Crippen LogP contribution in [0.2, 0.25) is 0 Å². The Morgan fingerprint density at radius 1 is 1.04 bits per heavy atom. The lowest BCUT2D eigenvalue weighted by atomic mass is 9.82. The van der Waals surface area contributed by atoms with Crippen molar-refractivity contribution < 1.29 is 9.36 Å². The van der Waals surface area contributed by atoms with Crippen molar-refractivity contribution >= 4 is 14.2 Å². The monoisotopic (exact) mass is 362 g/mol. The van der Waals surface area contributed by atoms with Gasteiger partial charge in [-0.1, -0.05) is 70.6 Å². The van der Waals surface area contributed by atoms with E-state index in [9.17, 15) is 9.36 Å². The minimum absolute atomic E-state index is 0.0225. The van der Waals surface area contributed by atoms with Gasteiger partial charge >= 0.3 is 0 Å². The summed E-state index contributed by atoms with van der Waals surface area (Å²) in [6.07, 6.45) is 7.11. The minimum Gasteiger partial charge on any atom is -0.293 e. The first-order valence-corrected chi connectivity index (χ1v) is 10.6. The molecule has 140 valence electrons. The molecule has 0 spiro atoms. The highest BCUT2D eigenvalue weighted by atomic mass is 31.1. The maximum atomic E-state index is 13.5. The molecule has 25 heavy (non-hydrogen) atoms. The summed E-state index contributed by atoms with van der Waals surface area (Å²) in [4.78, 5) is 13.5. The maximum absolute atomic E-state index is 13.5. The molecule has 0 radical (unpaired) electrons. The molecule has 1 atom stereocenters. The van der Waals surface area contributed by atoms with Gasteiger partial charge in [0.2, 0.25) is 0 Å². The van der Waals surface area contributed by atoms with Crippen molar-refractivity contribution in [3.63, 3.8) is 0 Å². The van der Waals surface area contributed by atoms with Gasteiger partial charge in [-0.2, -0.15) is 0 Å². The standard InChI is InChI=1S/C22H35O2P/c1-7-8-9-10-11-12-22(25-24,15-16(2)3)21(23)20-18(5)13-17(4)14-19(20)6/h13-14,16H,7-12,15H2,1-6H3. The number of benzene rings is 1. The molecule has 2 nitrogen and oxygen atoms in total. The van der Waals surface area contributed by atoms with Crippen LogP contribution in [-0.2, 0) is 4.57 Å². The third kappa shape index (κ3) is 6.03. The Balaban J connectivity index is 3.13. The van der Waals surface area contributed by atoms with Crippen LogP contribution in [0.3, 0.4) is 0 Å². The number of rotatable bonds is 11. The van der Waals surface area contributed by atoms with E-state index < -0.39 is 5.16 Å². The highest BCUT2D eigenvalue weighted by Gasteiger charge is 2.41. The number of ketones is 1. The molecule has 1 unspecified atom stereocenters. The Labute approximate surface area is 156 Å². The van der Waals surface area contributed by atoms with E-state index in [2.05, 4.69) is 39.8 Å². The number of hydrogen-bond acceptors (Lipinski definition) is 2. The van der Waals surface area contributed by atoms with Crippen LogP contribution in [0.1, 0.15) is 92.8 Å². The molecule has 1 aromatic rings. The summed E-state index contributed by atoms with van der Waals surface area (Å²) in [5.41, 5.74) is 3.96. The fourth-order valence-electron chi connectivity index (χ4n) is 3.90. The van der Waals surface area contributed by atoms with E-state index in [0.717, 1.165) is 29.5 Å². The highest BCUT2D eigenvalue weighted by molar-refractivity contribution is 7.28. The first kappa shape index (κ1) is 22.0. The second-order valence-electron chi connectivity index (χ2n) is 7.99. The van der Waals surface area contributed by atoms with Crippen LogP contribution in [0, 0.1) is 26.7 Å². The van der Waals surface area contributed by atoms with Crippen LogP contribution in [0.5, 0.6) is 0 Å². The Morgan fingerprint density at radius 2 is 1.60 bits per heavy atom. The molecule has 0 fully saturated rings. The molecular formula is C22H35O2P. The number of aryl methyl sites for hydroxylation is 3. The van der Waals surface area contributed by atoms with Crippen molar-refractivity contribution in [1.29, 1.82) is 0 Å². The van der Waals surface area contributed by atoms with Crippen LogP contribution in [0.15, 0.2) is 12.1 Å². The molecule has 1 aromatic carbocycles. The van der Waals surface area contributed by atoms with Crippen molar-refractivity contribution in [3.05, 3.63) is 34.4 Å². The van der Waals surface area contributed by atoms with Gasteiger partial charge in [-0.3, -0.25) is 9.36 Å². The van der Waals surface area contributed by atoms with E-state index >= 15 is 0 Å². The molecule has 0 aromatic heterocycles. The Bertz CT molecular complexity index is 569. The zero-order valence-corrected chi connectivity index (χ0v) is 17.8. The molecule has 1 rings (SSSR count). The lowest BCUT2D eigenvalue weighted by Gasteiger charge is -2.29. The summed E-state index contributed by atoms with van der Waals surface area (Å²) in [7, 11) is -0.0225. The van der Waals surface area contributed by atoms with Crippen molar-refractivity contribution in [2.75, 3.05) is 0 Å². The van der Waals surface area contributed by atoms with Crippen molar-refractivity contribution in [1.82, 2.24) is 0 Å². The molecule has 0 heterocycles. The molecule has 0 saturated carbocycles. The largest absolute Gasteiger partial charge is 0.293 e. The molecule has 3 heteroatoms. The van der Waals surface area contributed by atoms with E-state index in [4.69, 9.17) is 0 Å². The fraction of sp³-hybridized carbons (Fsp3) is 0.682. The molecule has 0 bridgehead atoms. The maximum Gasteiger partial charge on any atom is 0.181 e. The lowest BCUT2D eigenvalue weighted by Crippen LogP contribution is -2.35. The summed E-state index contributed by atoms with van der Waals surface area (Å²) >= 11 is 0. The third-order valence-corrected chi connectivity index (χ3v) is 5.90. The normalized spacial score (nSPS) is 14.0. The molecule has 0 N–H and O–H groups in total. The smallest absolute Gasteiger partial charge is 0.181 e. The van der Waals surface area contributed by atoms with Gasteiger partial charge in [-0.05, 0) is 50.7 Å². The van der Waals surface area contributed by atoms with E-state index in [1.54, 1.807) is 0 Å². The average Bonchev–Trinajstić information content (AvgIpc) is 2.52. The molecule has 0 aliphatic rings. The van der Waals surface area contributed by atoms with Crippen LogP contribution in [0.4, 0.5) is 0 Å². The number of unbranched alkanes of at least 4 members (excludes halogenated alkanes) is 4. The Kier molecular flexibility index (Phi) is 9.00. The highest BCUT2D eigenvalue weighted by Crippen LogP contribution is 2.40. The third-order valence-electron chi connectivity index (χ3n) is 4.94. The summed E-state index contributed by atoms with van der Waals surface area (Å²) in [6.45, 7) is 12.5. The van der Waals surface area contributed by atoms with Crippen LogP contribution >= 0.6 is 8.46 Å². The molecule has 0 amide bonds. The van der Waals surface area contributed by atoms with E-state index in [1.807, 2.05) is 13.8 Å². The zero-order valence-electron chi connectivity index (χ0n) is 16.9. The van der Waals surface area contributed by atoms with Crippen LogP contribution in [0.25, 0.3) is 0 Å². The summed E-state index contributed by atoms with van der Waals surface area (Å²) < 4.78 is 12.3. The van der Waals surface area contributed by atoms with Gasteiger partial charge in [0.05, 0.1) is 0 Å². The van der Waals surface area contributed by atoms with Crippen molar-refractivity contribution in [3.8, 4) is 0 Å². The number of carbonyl (C=O) groups excluding carboxylic acids is 1. The molecule has 0 saturated heterocycles. The second-order valence-corrected chi connectivity index (χ2v) is 9.03. The van der Waals surface area contributed by atoms with Gasteiger partial charge in [0.25, 0.3) is 0 Å². The van der Waals surface area contributed by atoms with E-state index in [0.29, 0.717) is 18.8 Å². The van der Waals surface area contributed by atoms with Crippen LogP contribution < -0.4 is 0 Å². The van der Waals surface area contributed by atoms with Gasteiger partial charge in [0.15, 0.2) is 14.2 Å². The lowest BCUT2D eigenvalue weighted by molar-refractivity contribution is 0.0917. The van der Waals surface area contributed by atoms with Crippen molar-refractivity contribution in [2.24, 2.45) is 5.92 Å². The van der Waals surface area contributed by atoms with Gasteiger partial charge < -0.3 is 0 Å². The fourth-order valence-corrected chi connectivity index (χ4v) is 4.78. The SMILES string of the molecule is CCCCCCCC(CC(C)C)(P=O)C(=O)c1c(C)cc(C)cc1C. The predicted octanol–water partition coefficient (Wildman–Crippen LogP) is 7.23. The van der Waals surface area contributed by atoms with Gasteiger partial charge in [-0.25, -0.2) is 0 Å². The topological polar surface area (TPSA) is 34.1 Å². The minimum atomic E-state index is -0.773. The quantitative estimate of drug-likeness (QED) is 0.236. The summed E-state index contributed by atoms with van der Waals surface area (Å²) in [5.74, 6) is 0.412. The summed E-state index contributed by atoms with van der Waals surface area (Å²) in [6, 6.07) is 4.12. The van der Waals surface area contributed by atoms with Gasteiger partial charge in [0.1, 0.15) is 5.16 Å². The number of Topliss-reactive ketones (excluding diaryl/α,β-unsaturated/α-hetero) is 1. The van der Waals surface area contributed by atoms with Gasteiger partial charge in [-0.15, -0.1) is 0 Å². The van der Waals surface area contributed by atoms with E-state index in [1.165, 1.54) is 24.8 Å². The van der Waals surface area contributed by atoms with E-state index in [-0.39, 0.29) is 14.2 Å². The predicted molar refractivity (Wildman–Crippen MR) is 108 cm³/mol. The molecule has 0 aliphatic carbocycles. The average molecular weight is 362 g/mol. The number of hydrogen-bond donors (Lipinski definition) is 0. The van der Waals surface area contributed by atoms with Crippen molar-refractivity contribution in [2.45, 2.75) is 91.6 Å². The molecule has 0 aliphatic heterocycles. The Hall–Kier alpha value is -1.01. The zero-order chi connectivity index (χ0) is 19.0. The van der Waals surface area contributed by atoms with Crippen LogP contribution in [-0.4, -0.2) is 10.9 Å². The summed E-state index contributed by atoms with van der Waals surface area (Å²) in [5, 5.41) is -0.773. The molecular weight excluding hydrogens is 327 g/mol. The first-order chi connectivity index (χ1) is 11.8. The Morgan fingerprint density at radius 3 is 2.08 bits per heavy atom. The first-order valence-electron chi connectivity index (χ1n) is 9.74. The second kappa shape index (κ2) is 10.2. The van der Waals surface area contributed by atoms with Gasteiger partial charge in [0, 0.05) is 5.56 Å².